The zero-order chi connectivity index (χ0) is 21.7. The lowest BCUT2D eigenvalue weighted by atomic mass is 9.71. The molecule has 3 heterocycles. The molecular weight excluding hydrogens is 409 g/mol. The van der Waals surface area contributed by atoms with Gasteiger partial charge in [0.15, 0.2) is 11.5 Å². The molecule has 6 nitrogen and oxygen atoms in total. The third-order valence-electron chi connectivity index (χ3n) is 7.25. The van der Waals surface area contributed by atoms with Crippen LogP contribution in [0.3, 0.4) is 0 Å². The number of hydrogen-bond acceptors (Lipinski definition) is 6. The Hall–Kier alpha value is -2.93. The lowest BCUT2D eigenvalue weighted by molar-refractivity contribution is 0.115. The molecule has 1 fully saturated rings. The molecule has 1 aromatic heterocycles. The second-order valence-electron chi connectivity index (χ2n) is 9.16. The van der Waals surface area contributed by atoms with Crippen molar-refractivity contribution < 1.29 is 18.3 Å². The van der Waals surface area contributed by atoms with Crippen LogP contribution in [-0.4, -0.2) is 34.9 Å². The minimum Gasteiger partial charge on any atom is -0.486 e. The largest absolute Gasteiger partial charge is 0.486 e. The van der Waals surface area contributed by atoms with Crippen molar-refractivity contribution >= 4 is 0 Å². The molecule has 1 spiro atoms. The third-order valence-corrected chi connectivity index (χ3v) is 7.25. The van der Waals surface area contributed by atoms with E-state index in [1.807, 2.05) is 0 Å². The molecular formula is C25H26FN3O3. The molecule has 1 unspecified atom stereocenters. The highest BCUT2D eigenvalue weighted by Crippen LogP contribution is 2.52. The maximum absolute atomic E-state index is 13.2. The number of hydrogen-bond donors (Lipinski definition) is 0. The summed E-state index contributed by atoms with van der Waals surface area (Å²) in [4.78, 5) is 2.44. The summed E-state index contributed by atoms with van der Waals surface area (Å²) in [6, 6.07) is 10.7. The molecule has 32 heavy (non-hydrogen) atoms. The molecule has 0 saturated heterocycles. The molecule has 0 amide bonds. The number of fused-ring (bicyclic) bond motifs is 3. The molecule has 2 aromatic carbocycles. The van der Waals surface area contributed by atoms with E-state index in [4.69, 9.17) is 13.9 Å². The standard InChI is InChI=1S/C25H26FN3O3/c1-16-19-12-21-22(31-11-10-30-21)13-20(19)25(8-2-3-9-25)15-29(16)14-23-27-28-24(32-23)17-4-6-18(26)7-5-17/h4-7,12-13,16H,2-3,8-11,14-15H2,1H3. The van der Waals surface area contributed by atoms with E-state index in [0.717, 1.165) is 23.6 Å². The predicted molar refractivity (Wildman–Crippen MR) is 116 cm³/mol. The van der Waals surface area contributed by atoms with Crippen LogP contribution < -0.4 is 9.47 Å². The number of aromatic nitrogens is 2. The Morgan fingerprint density at radius 1 is 1.03 bits per heavy atom. The number of halogens is 1. The monoisotopic (exact) mass is 435 g/mol. The molecule has 1 saturated carbocycles. The zero-order valence-electron chi connectivity index (χ0n) is 18.1. The van der Waals surface area contributed by atoms with Crippen LogP contribution >= 0.6 is 0 Å². The van der Waals surface area contributed by atoms with Crippen LogP contribution in [0.25, 0.3) is 11.5 Å². The first-order chi connectivity index (χ1) is 15.6. The highest BCUT2D eigenvalue weighted by Gasteiger charge is 2.45. The molecule has 166 valence electrons. The number of ether oxygens (including phenoxy) is 2. The molecule has 1 aliphatic carbocycles. The van der Waals surface area contributed by atoms with Crippen molar-refractivity contribution in [1.29, 1.82) is 0 Å². The van der Waals surface area contributed by atoms with Gasteiger partial charge in [0.25, 0.3) is 0 Å². The summed E-state index contributed by atoms with van der Waals surface area (Å²) in [7, 11) is 0. The van der Waals surface area contributed by atoms with Crippen LogP contribution in [0, 0.1) is 5.82 Å². The first-order valence-corrected chi connectivity index (χ1v) is 11.4. The van der Waals surface area contributed by atoms with E-state index in [0.29, 0.717) is 31.5 Å². The van der Waals surface area contributed by atoms with E-state index >= 15 is 0 Å². The number of benzene rings is 2. The summed E-state index contributed by atoms with van der Waals surface area (Å²) in [5.41, 5.74) is 3.57. The topological polar surface area (TPSA) is 60.6 Å². The van der Waals surface area contributed by atoms with Crippen molar-refractivity contribution in [3.8, 4) is 23.0 Å². The Bertz CT molecular complexity index is 1140. The summed E-state index contributed by atoms with van der Waals surface area (Å²) < 4.78 is 31.0. The fourth-order valence-electron chi connectivity index (χ4n) is 5.59. The fourth-order valence-corrected chi connectivity index (χ4v) is 5.59. The van der Waals surface area contributed by atoms with Gasteiger partial charge in [-0.15, -0.1) is 10.2 Å². The van der Waals surface area contributed by atoms with Crippen LogP contribution in [0.4, 0.5) is 4.39 Å². The predicted octanol–water partition coefficient (Wildman–Crippen LogP) is 5.04. The molecule has 1 atom stereocenters. The van der Waals surface area contributed by atoms with Gasteiger partial charge in [-0.05, 0) is 67.3 Å². The molecule has 7 heteroatoms. The minimum atomic E-state index is -0.285. The van der Waals surface area contributed by atoms with Gasteiger partial charge in [0.2, 0.25) is 11.8 Å². The van der Waals surface area contributed by atoms with Crippen molar-refractivity contribution in [3.63, 3.8) is 0 Å². The molecule has 6 rings (SSSR count). The van der Waals surface area contributed by atoms with Gasteiger partial charge in [0.1, 0.15) is 19.0 Å². The SMILES string of the molecule is CC1c2cc3c(cc2C2(CCCC2)CN1Cc1nnc(-c2ccc(F)cc2)o1)OCCO3. The van der Waals surface area contributed by atoms with Gasteiger partial charge in [-0.2, -0.15) is 0 Å². The fraction of sp³-hybridized carbons (Fsp3) is 0.440. The van der Waals surface area contributed by atoms with Gasteiger partial charge >= 0.3 is 0 Å². The highest BCUT2D eigenvalue weighted by atomic mass is 19.1. The number of nitrogens with zero attached hydrogens (tertiary/aromatic N) is 3. The third kappa shape index (κ3) is 3.26. The minimum absolute atomic E-state index is 0.123. The zero-order valence-corrected chi connectivity index (χ0v) is 18.1. The highest BCUT2D eigenvalue weighted by molar-refractivity contribution is 5.54. The Morgan fingerprint density at radius 2 is 1.75 bits per heavy atom. The first kappa shape index (κ1) is 19.7. The molecule has 3 aliphatic rings. The first-order valence-electron chi connectivity index (χ1n) is 11.4. The summed E-state index contributed by atoms with van der Waals surface area (Å²) in [5, 5.41) is 8.48. The van der Waals surface area contributed by atoms with Crippen molar-refractivity contribution in [1.82, 2.24) is 15.1 Å². The smallest absolute Gasteiger partial charge is 0.247 e. The average molecular weight is 435 g/mol. The van der Waals surface area contributed by atoms with Gasteiger partial charge in [-0.3, -0.25) is 4.90 Å². The quantitative estimate of drug-likeness (QED) is 0.575. The van der Waals surface area contributed by atoms with Crippen LogP contribution in [0.5, 0.6) is 11.5 Å². The summed E-state index contributed by atoms with van der Waals surface area (Å²) in [5.74, 6) is 2.43. The Kier molecular flexibility index (Phi) is 4.68. The molecule has 2 aliphatic heterocycles. The van der Waals surface area contributed by atoms with E-state index in [1.165, 1.54) is 48.9 Å². The second-order valence-corrected chi connectivity index (χ2v) is 9.16. The number of rotatable bonds is 3. The van der Waals surface area contributed by atoms with Crippen molar-refractivity contribution in [2.45, 2.75) is 50.6 Å². The molecule has 0 N–H and O–H groups in total. The van der Waals surface area contributed by atoms with Gasteiger partial charge in [0.05, 0.1) is 6.54 Å². The van der Waals surface area contributed by atoms with Gasteiger partial charge in [0, 0.05) is 23.6 Å². The molecule has 0 bridgehead atoms. The van der Waals surface area contributed by atoms with Crippen LogP contribution in [0.2, 0.25) is 0 Å². The Morgan fingerprint density at radius 3 is 2.50 bits per heavy atom. The maximum Gasteiger partial charge on any atom is 0.247 e. The van der Waals surface area contributed by atoms with E-state index in [2.05, 4.69) is 34.2 Å². The van der Waals surface area contributed by atoms with Crippen molar-refractivity contribution in [3.05, 3.63) is 59.2 Å². The van der Waals surface area contributed by atoms with E-state index in [-0.39, 0.29) is 17.3 Å². The van der Waals surface area contributed by atoms with Crippen LogP contribution in [0.15, 0.2) is 40.8 Å². The lowest BCUT2D eigenvalue weighted by Gasteiger charge is -2.46. The van der Waals surface area contributed by atoms with E-state index < -0.39 is 0 Å². The second kappa shape index (κ2) is 7.59. The lowest BCUT2D eigenvalue weighted by Crippen LogP contribution is -2.45. The van der Waals surface area contributed by atoms with Crippen molar-refractivity contribution in [2.24, 2.45) is 0 Å². The van der Waals surface area contributed by atoms with Crippen LogP contribution in [0.1, 0.15) is 55.7 Å². The Labute approximate surface area is 186 Å². The average Bonchev–Trinajstić information content (AvgIpc) is 3.47. The van der Waals surface area contributed by atoms with Gasteiger partial charge in [-0.25, -0.2) is 4.39 Å². The maximum atomic E-state index is 13.2. The van der Waals surface area contributed by atoms with E-state index in [9.17, 15) is 4.39 Å². The summed E-state index contributed by atoms with van der Waals surface area (Å²) >= 11 is 0. The van der Waals surface area contributed by atoms with Crippen molar-refractivity contribution in [2.75, 3.05) is 19.8 Å². The normalized spacial score (nSPS) is 21.6. The summed E-state index contributed by atoms with van der Waals surface area (Å²) in [6.07, 6.45) is 4.83. The van der Waals surface area contributed by atoms with Crippen LogP contribution in [-0.2, 0) is 12.0 Å². The van der Waals surface area contributed by atoms with Gasteiger partial charge < -0.3 is 13.9 Å². The van der Waals surface area contributed by atoms with E-state index in [1.54, 1.807) is 12.1 Å². The molecule has 0 radical (unpaired) electrons. The molecule has 3 aromatic rings. The Balaban J connectivity index is 1.32. The van der Waals surface area contributed by atoms with Gasteiger partial charge in [-0.1, -0.05) is 12.8 Å². The summed E-state index contributed by atoms with van der Waals surface area (Å²) in [6.45, 7) is 4.95.